The van der Waals surface area contributed by atoms with E-state index in [0.717, 1.165) is 4.70 Å². The van der Waals surface area contributed by atoms with Gasteiger partial charge in [-0.3, -0.25) is 9.48 Å². The van der Waals surface area contributed by atoms with Gasteiger partial charge in [-0.15, -0.1) is 22.7 Å². The third kappa shape index (κ3) is 2.12. The molecule has 1 amide bonds. The highest BCUT2D eigenvalue weighted by atomic mass is 32.1. The van der Waals surface area contributed by atoms with Crippen LogP contribution in [-0.2, 0) is 7.05 Å². The van der Waals surface area contributed by atoms with Crippen molar-refractivity contribution in [2.24, 2.45) is 7.05 Å². The lowest BCUT2D eigenvalue weighted by atomic mass is 10.2. The summed E-state index contributed by atoms with van der Waals surface area (Å²) in [6, 6.07) is 12.0. The number of nitrogens with zero attached hydrogens (tertiary/aromatic N) is 2. The Morgan fingerprint density at radius 3 is 2.86 bits per heavy atom. The van der Waals surface area contributed by atoms with E-state index < -0.39 is 0 Å². The molecule has 104 valence electrons. The SMILES string of the molecule is Cn1ccc(NC(=O)c2cc3sc4ccccc4c3s2)n1. The van der Waals surface area contributed by atoms with Crippen molar-refractivity contribution < 1.29 is 4.79 Å². The van der Waals surface area contributed by atoms with Crippen LogP contribution >= 0.6 is 22.7 Å². The van der Waals surface area contributed by atoms with Gasteiger partial charge in [0.05, 0.1) is 9.58 Å². The molecule has 0 saturated heterocycles. The highest BCUT2D eigenvalue weighted by Crippen LogP contribution is 2.39. The number of aromatic nitrogens is 2. The first kappa shape index (κ1) is 12.6. The molecule has 0 aliphatic heterocycles. The van der Waals surface area contributed by atoms with Crippen LogP contribution in [0.5, 0.6) is 0 Å². The van der Waals surface area contributed by atoms with Crippen molar-refractivity contribution in [1.29, 1.82) is 0 Å². The van der Waals surface area contributed by atoms with Gasteiger partial charge in [-0.1, -0.05) is 18.2 Å². The number of hydrogen-bond donors (Lipinski definition) is 1. The number of hydrogen-bond acceptors (Lipinski definition) is 4. The van der Waals surface area contributed by atoms with Gasteiger partial charge < -0.3 is 5.32 Å². The molecular formula is C15H11N3OS2. The Hall–Kier alpha value is -2.18. The van der Waals surface area contributed by atoms with E-state index in [-0.39, 0.29) is 5.91 Å². The van der Waals surface area contributed by atoms with Gasteiger partial charge in [0, 0.05) is 34.1 Å². The molecule has 6 heteroatoms. The van der Waals surface area contributed by atoms with Gasteiger partial charge in [-0.25, -0.2) is 0 Å². The molecule has 0 saturated carbocycles. The van der Waals surface area contributed by atoms with Gasteiger partial charge in [0.2, 0.25) is 0 Å². The van der Waals surface area contributed by atoms with Gasteiger partial charge >= 0.3 is 0 Å². The van der Waals surface area contributed by atoms with Crippen molar-refractivity contribution in [2.75, 3.05) is 5.32 Å². The number of aryl methyl sites for hydroxylation is 1. The molecule has 0 fully saturated rings. The average Bonchev–Trinajstić information content (AvgIpc) is 3.12. The van der Waals surface area contributed by atoms with Gasteiger partial charge in [-0.05, 0) is 12.1 Å². The Balaban J connectivity index is 1.71. The molecule has 0 unspecified atom stereocenters. The lowest BCUT2D eigenvalue weighted by Crippen LogP contribution is -2.10. The van der Waals surface area contributed by atoms with E-state index in [1.165, 1.54) is 26.1 Å². The van der Waals surface area contributed by atoms with Crippen LogP contribution in [-0.4, -0.2) is 15.7 Å². The van der Waals surface area contributed by atoms with Crippen molar-refractivity contribution in [3.8, 4) is 0 Å². The maximum Gasteiger partial charge on any atom is 0.267 e. The number of fused-ring (bicyclic) bond motifs is 3. The smallest absolute Gasteiger partial charge is 0.267 e. The molecule has 1 N–H and O–H groups in total. The van der Waals surface area contributed by atoms with Crippen molar-refractivity contribution in [1.82, 2.24) is 9.78 Å². The molecule has 0 radical (unpaired) electrons. The van der Waals surface area contributed by atoms with Gasteiger partial charge in [-0.2, -0.15) is 5.10 Å². The molecule has 4 nitrogen and oxygen atoms in total. The molecule has 0 aliphatic carbocycles. The summed E-state index contributed by atoms with van der Waals surface area (Å²) < 4.78 is 5.26. The molecule has 0 atom stereocenters. The Kier molecular flexibility index (Phi) is 2.80. The highest BCUT2D eigenvalue weighted by Gasteiger charge is 2.15. The van der Waals surface area contributed by atoms with Crippen molar-refractivity contribution >= 4 is 53.9 Å². The third-order valence-corrected chi connectivity index (χ3v) is 5.64. The molecule has 3 aromatic heterocycles. The zero-order valence-electron chi connectivity index (χ0n) is 11.2. The molecule has 3 heterocycles. The predicted molar refractivity (Wildman–Crippen MR) is 88.4 cm³/mol. The second-order valence-electron chi connectivity index (χ2n) is 4.73. The van der Waals surface area contributed by atoms with Crippen molar-refractivity contribution in [2.45, 2.75) is 0 Å². The van der Waals surface area contributed by atoms with E-state index >= 15 is 0 Å². The number of thiophene rings is 2. The Bertz CT molecular complexity index is 964. The molecule has 0 bridgehead atoms. The quantitative estimate of drug-likeness (QED) is 0.605. The monoisotopic (exact) mass is 313 g/mol. The third-order valence-electron chi connectivity index (χ3n) is 3.23. The summed E-state index contributed by atoms with van der Waals surface area (Å²) in [5.74, 6) is 0.468. The fourth-order valence-corrected chi connectivity index (χ4v) is 4.69. The molecule has 0 spiro atoms. The average molecular weight is 313 g/mol. The number of carbonyl (C=O) groups excluding carboxylic acids is 1. The van der Waals surface area contributed by atoms with Crippen LogP contribution in [0.25, 0.3) is 19.5 Å². The second-order valence-corrected chi connectivity index (χ2v) is 6.87. The maximum atomic E-state index is 12.3. The number of benzene rings is 1. The van der Waals surface area contributed by atoms with Gasteiger partial charge in [0.1, 0.15) is 0 Å². The Morgan fingerprint density at radius 1 is 1.19 bits per heavy atom. The molecule has 4 rings (SSSR count). The number of anilines is 1. The summed E-state index contributed by atoms with van der Waals surface area (Å²) in [6.07, 6.45) is 1.80. The van der Waals surface area contributed by atoms with Crippen LogP contribution in [0.1, 0.15) is 9.67 Å². The minimum atomic E-state index is -0.105. The zero-order chi connectivity index (χ0) is 14.4. The minimum Gasteiger partial charge on any atom is -0.304 e. The van der Waals surface area contributed by atoms with Gasteiger partial charge in [0.15, 0.2) is 5.82 Å². The van der Waals surface area contributed by atoms with Crippen LogP contribution in [0, 0.1) is 0 Å². The Labute approximate surface area is 128 Å². The summed E-state index contributed by atoms with van der Waals surface area (Å²) in [6.45, 7) is 0. The molecule has 0 aliphatic rings. The van der Waals surface area contributed by atoms with Gasteiger partial charge in [0.25, 0.3) is 5.91 Å². The zero-order valence-corrected chi connectivity index (χ0v) is 12.8. The summed E-state index contributed by atoms with van der Waals surface area (Å²) in [5, 5.41) is 8.20. The van der Waals surface area contributed by atoms with Crippen molar-refractivity contribution in [3.63, 3.8) is 0 Å². The van der Waals surface area contributed by atoms with Crippen LogP contribution in [0.15, 0.2) is 42.6 Å². The van der Waals surface area contributed by atoms with E-state index in [2.05, 4.69) is 22.5 Å². The molecular weight excluding hydrogens is 302 g/mol. The summed E-state index contributed by atoms with van der Waals surface area (Å²) in [4.78, 5) is 13.0. The number of amides is 1. The van der Waals surface area contributed by atoms with Crippen LogP contribution < -0.4 is 5.32 Å². The summed E-state index contributed by atoms with van der Waals surface area (Å²) >= 11 is 3.25. The minimum absolute atomic E-state index is 0.105. The normalized spacial score (nSPS) is 11.3. The first-order valence-electron chi connectivity index (χ1n) is 6.43. The highest BCUT2D eigenvalue weighted by molar-refractivity contribution is 7.33. The van der Waals surface area contributed by atoms with Crippen molar-refractivity contribution in [3.05, 3.63) is 47.5 Å². The fourth-order valence-electron chi connectivity index (χ4n) is 2.27. The first-order chi connectivity index (χ1) is 10.2. The topological polar surface area (TPSA) is 46.9 Å². The van der Waals surface area contributed by atoms with Crippen LogP contribution in [0.3, 0.4) is 0 Å². The lowest BCUT2D eigenvalue weighted by Gasteiger charge is -1.98. The molecule has 21 heavy (non-hydrogen) atoms. The second kappa shape index (κ2) is 4.68. The lowest BCUT2D eigenvalue weighted by molar-refractivity contribution is 0.103. The number of carbonyl (C=O) groups is 1. The standard InChI is InChI=1S/C15H11N3OS2/c1-18-7-6-13(17-18)16-15(19)12-8-11-14(21-12)9-4-2-3-5-10(9)20-11/h2-8H,1H3,(H,16,17,19). The predicted octanol–water partition coefficient (Wildman–Crippen LogP) is 4.10. The molecule has 1 aromatic carbocycles. The van der Waals surface area contributed by atoms with E-state index in [0.29, 0.717) is 10.7 Å². The summed E-state index contributed by atoms with van der Waals surface area (Å²) in [5.41, 5.74) is 0. The van der Waals surface area contributed by atoms with E-state index in [9.17, 15) is 4.79 Å². The van der Waals surface area contributed by atoms with Crippen LogP contribution in [0.2, 0.25) is 0 Å². The number of rotatable bonds is 2. The van der Waals surface area contributed by atoms with E-state index in [4.69, 9.17) is 0 Å². The van der Waals surface area contributed by atoms with E-state index in [1.54, 1.807) is 28.3 Å². The van der Waals surface area contributed by atoms with E-state index in [1.807, 2.05) is 25.2 Å². The Morgan fingerprint density at radius 2 is 2.05 bits per heavy atom. The molecule has 4 aromatic rings. The summed E-state index contributed by atoms with van der Waals surface area (Å²) in [7, 11) is 1.82. The largest absolute Gasteiger partial charge is 0.304 e. The fraction of sp³-hybridized carbons (Fsp3) is 0.0667. The maximum absolute atomic E-state index is 12.3. The first-order valence-corrected chi connectivity index (χ1v) is 8.06. The number of nitrogens with one attached hydrogen (secondary N) is 1. The van der Waals surface area contributed by atoms with Crippen LogP contribution in [0.4, 0.5) is 5.82 Å².